The molecule has 2 aromatic rings. The second kappa shape index (κ2) is 12.3. The summed E-state index contributed by atoms with van der Waals surface area (Å²) in [5.41, 5.74) is 1.23. The second-order valence-electron chi connectivity index (χ2n) is 12.5. The van der Waals surface area contributed by atoms with Gasteiger partial charge in [-0.2, -0.15) is 0 Å². The standard InChI is InChI=1S/C31H45N5O3/c1-22(2)28(37)33-27(31(3,4)5)30(39)36-18-11-14-24(36)20-35(19-16-23-12-7-6-8-13-23)29(38)25-21-34-17-10-9-15-26(34)32-25/h6-8,12-13,21-22,24,27H,9-11,14-20H2,1-5H3,(H,33,37)/t24-,27?/m0/s1. The molecule has 3 amide bonds. The Morgan fingerprint density at radius 1 is 1.08 bits per heavy atom. The van der Waals surface area contributed by atoms with E-state index in [1.807, 2.05) is 68.8 Å². The fourth-order valence-electron chi connectivity index (χ4n) is 5.56. The van der Waals surface area contributed by atoms with Crippen LogP contribution in [0, 0.1) is 11.3 Å². The van der Waals surface area contributed by atoms with Gasteiger partial charge < -0.3 is 19.7 Å². The van der Waals surface area contributed by atoms with Gasteiger partial charge in [-0.25, -0.2) is 4.98 Å². The molecule has 2 aliphatic rings. The number of imidazole rings is 1. The molecule has 3 heterocycles. The molecule has 39 heavy (non-hydrogen) atoms. The zero-order valence-corrected chi connectivity index (χ0v) is 24.3. The van der Waals surface area contributed by atoms with Crippen LogP contribution in [0.25, 0.3) is 0 Å². The summed E-state index contributed by atoms with van der Waals surface area (Å²) >= 11 is 0. The van der Waals surface area contributed by atoms with Crippen molar-refractivity contribution in [1.29, 1.82) is 0 Å². The zero-order chi connectivity index (χ0) is 28.2. The van der Waals surface area contributed by atoms with E-state index in [2.05, 4.69) is 22.0 Å². The fraction of sp³-hybridized carbons (Fsp3) is 0.613. The van der Waals surface area contributed by atoms with Crippen molar-refractivity contribution in [2.24, 2.45) is 11.3 Å². The molecule has 0 bridgehead atoms. The van der Waals surface area contributed by atoms with Crippen LogP contribution in [-0.2, 0) is 29.0 Å². The van der Waals surface area contributed by atoms with Crippen LogP contribution in [0.5, 0.6) is 0 Å². The van der Waals surface area contributed by atoms with Crippen molar-refractivity contribution in [3.8, 4) is 0 Å². The first-order chi connectivity index (χ1) is 18.5. The van der Waals surface area contributed by atoms with Gasteiger partial charge in [0.25, 0.3) is 5.91 Å². The summed E-state index contributed by atoms with van der Waals surface area (Å²) < 4.78 is 2.11. The lowest BCUT2D eigenvalue weighted by Gasteiger charge is -2.37. The first-order valence-electron chi connectivity index (χ1n) is 14.5. The SMILES string of the molecule is CC(C)C(=O)NC(C(=O)N1CCC[C@H]1CN(CCc1ccccc1)C(=O)c1cn2c(n1)CCCC2)C(C)(C)C. The van der Waals surface area contributed by atoms with E-state index in [1.54, 1.807) is 0 Å². The first-order valence-corrected chi connectivity index (χ1v) is 14.5. The molecule has 1 aromatic carbocycles. The maximum atomic E-state index is 13.9. The molecule has 0 saturated carbocycles. The molecule has 4 rings (SSSR count). The highest BCUT2D eigenvalue weighted by molar-refractivity contribution is 5.92. The largest absolute Gasteiger partial charge is 0.344 e. The van der Waals surface area contributed by atoms with Crippen LogP contribution in [0.1, 0.15) is 82.2 Å². The lowest BCUT2D eigenvalue weighted by molar-refractivity contribution is -0.141. The predicted octanol–water partition coefficient (Wildman–Crippen LogP) is 4.08. The molecule has 0 aliphatic carbocycles. The summed E-state index contributed by atoms with van der Waals surface area (Å²) in [6.45, 7) is 12.2. The predicted molar refractivity (Wildman–Crippen MR) is 152 cm³/mol. The van der Waals surface area contributed by atoms with Gasteiger partial charge in [-0.1, -0.05) is 65.0 Å². The van der Waals surface area contributed by atoms with Gasteiger partial charge in [0.1, 0.15) is 17.6 Å². The van der Waals surface area contributed by atoms with Crippen molar-refractivity contribution < 1.29 is 14.4 Å². The number of aryl methyl sites for hydroxylation is 2. The lowest BCUT2D eigenvalue weighted by Crippen LogP contribution is -2.57. The summed E-state index contributed by atoms with van der Waals surface area (Å²) in [6.07, 6.45) is 7.45. The molecular formula is C31H45N5O3. The number of carbonyl (C=O) groups excluding carboxylic acids is 3. The van der Waals surface area contributed by atoms with E-state index in [0.29, 0.717) is 25.3 Å². The van der Waals surface area contributed by atoms with Crippen molar-refractivity contribution in [1.82, 2.24) is 24.7 Å². The fourth-order valence-corrected chi connectivity index (χ4v) is 5.56. The molecule has 1 unspecified atom stereocenters. The number of hydrogen-bond acceptors (Lipinski definition) is 4. The summed E-state index contributed by atoms with van der Waals surface area (Å²) in [7, 11) is 0. The molecule has 8 nitrogen and oxygen atoms in total. The van der Waals surface area contributed by atoms with Gasteiger partial charge >= 0.3 is 0 Å². The van der Waals surface area contributed by atoms with Crippen molar-refractivity contribution in [2.45, 2.75) is 91.8 Å². The Labute approximate surface area is 233 Å². The number of hydrogen-bond donors (Lipinski definition) is 1. The number of likely N-dealkylation sites (tertiary alicyclic amines) is 1. The third-order valence-electron chi connectivity index (χ3n) is 7.94. The molecular weight excluding hydrogens is 490 g/mol. The van der Waals surface area contributed by atoms with E-state index >= 15 is 0 Å². The van der Waals surface area contributed by atoms with E-state index in [-0.39, 0.29) is 29.7 Å². The van der Waals surface area contributed by atoms with Crippen molar-refractivity contribution in [3.63, 3.8) is 0 Å². The van der Waals surface area contributed by atoms with Gasteiger partial charge in [-0.15, -0.1) is 0 Å². The molecule has 1 aromatic heterocycles. The van der Waals surface area contributed by atoms with Gasteiger partial charge in [0.2, 0.25) is 11.8 Å². The molecule has 0 radical (unpaired) electrons. The Balaban J connectivity index is 1.54. The van der Waals surface area contributed by atoms with Crippen LogP contribution >= 0.6 is 0 Å². The quantitative estimate of drug-likeness (QED) is 0.524. The Morgan fingerprint density at radius 2 is 1.82 bits per heavy atom. The minimum Gasteiger partial charge on any atom is -0.344 e. The van der Waals surface area contributed by atoms with Crippen LogP contribution < -0.4 is 5.32 Å². The molecule has 1 fully saturated rings. The Morgan fingerprint density at radius 3 is 2.49 bits per heavy atom. The number of nitrogens with one attached hydrogen (secondary N) is 1. The number of rotatable bonds is 9. The van der Waals surface area contributed by atoms with Crippen LogP contribution in [0.4, 0.5) is 0 Å². The number of aromatic nitrogens is 2. The molecule has 1 saturated heterocycles. The summed E-state index contributed by atoms with van der Waals surface area (Å²) in [5.74, 6) is 0.519. The average molecular weight is 536 g/mol. The number of carbonyl (C=O) groups is 3. The molecule has 212 valence electrons. The van der Waals surface area contributed by atoms with Crippen LogP contribution in [-0.4, -0.2) is 68.8 Å². The number of amides is 3. The van der Waals surface area contributed by atoms with E-state index < -0.39 is 11.5 Å². The van der Waals surface area contributed by atoms with Crippen LogP contribution in [0.2, 0.25) is 0 Å². The Bertz CT molecular complexity index is 1130. The third-order valence-corrected chi connectivity index (χ3v) is 7.94. The van der Waals surface area contributed by atoms with Gasteiger partial charge in [-0.05, 0) is 43.1 Å². The van der Waals surface area contributed by atoms with E-state index in [9.17, 15) is 14.4 Å². The smallest absolute Gasteiger partial charge is 0.274 e. The number of fused-ring (bicyclic) bond motifs is 1. The zero-order valence-electron chi connectivity index (χ0n) is 24.3. The Hall–Kier alpha value is -3.16. The summed E-state index contributed by atoms with van der Waals surface area (Å²) in [5, 5.41) is 3.01. The molecule has 1 N–H and O–H groups in total. The third kappa shape index (κ3) is 7.08. The van der Waals surface area contributed by atoms with Gasteiger partial charge in [0.05, 0.1) is 0 Å². The minimum atomic E-state index is -0.624. The molecule has 2 aliphatic heterocycles. The second-order valence-corrected chi connectivity index (χ2v) is 12.5. The molecule has 0 spiro atoms. The monoisotopic (exact) mass is 535 g/mol. The summed E-state index contributed by atoms with van der Waals surface area (Å²) in [4.78, 5) is 48.8. The van der Waals surface area contributed by atoms with E-state index in [0.717, 1.165) is 50.9 Å². The number of nitrogens with zero attached hydrogens (tertiary/aromatic N) is 4. The first kappa shape index (κ1) is 28.8. The number of benzene rings is 1. The highest BCUT2D eigenvalue weighted by Gasteiger charge is 2.40. The van der Waals surface area contributed by atoms with E-state index in [1.165, 1.54) is 5.56 Å². The Kier molecular flexibility index (Phi) is 9.13. The molecule has 8 heteroatoms. The normalized spacial score (nSPS) is 18.1. The molecule has 2 atom stereocenters. The summed E-state index contributed by atoms with van der Waals surface area (Å²) in [6, 6.07) is 9.45. The van der Waals surface area contributed by atoms with Gasteiger partial charge in [0, 0.05) is 50.8 Å². The van der Waals surface area contributed by atoms with Crippen molar-refractivity contribution in [3.05, 3.63) is 53.6 Å². The maximum absolute atomic E-state index is 13.9. The maximum Gasteiger partial charge on any atom is 0.274 e. The van der Waals surface area contributed by atoms with Crippen molar-refractivity contribution >= 4 is 17.7 Å². The van der Waals surface area contributed by atoms with Gasteiger partial charge in [0.15, 0.2) is 0 Å². The lowest BCUT2D eigenvalue weighted by atomic mass is 9.85. The highest BCUT2D eigenvalue weighted by Crippen LogP contribution is 2.27. The topological polar surface area (TPSA) is 87.5 Å². The van der Waals surface area contributed by atoms with Crippen LogP contribution in [0.15, 0.2) is 36.5 Å². The van der Waals surface area contributed by atoms with E-state index in [4.69, 9.17) is 4.98 Å². The van der Waals surface area contributed by atoms with Crippen molar-refractivity contribution in [2.75, 3.05) is 19.6 Å². The average Bonchev–Trinajstić information content (AvgIpc) is 3.55. The highest BCUT2D eigenvalue weighted by atomic mass is 16.2. The van der Waals surface area contributed by atoms with Crippen LogP contribution in [0.3, 0.4) is 0 Å². The van der Waals surface area contributed by atoms with Gasteiger partial charge in [-0.3, -0.25) is 14.4 Å². The minimum absolute atomic E-state index is 0.0630.